The molecule has 3 amide bonds. The standard InChI is InChI=1S/C10H20N4O3/c1-8(15)11-4-5-12-9(16)10(17)13-6-7-14(2)3/h4-7H2,1-3H3,(H,11,15)(H,12,16)(H,13,17). The van der Waals surface area contributed by atoms with Crippen LogP contribution in [-0.2, 0) is 14.4 Å². The molecule has 0 heterocycles. The highest BCUT2D eigenvalue weighted by atomic mass is 16.2. The molecule has 0 aromatic heterocycles. The van der Waals surface area contributed by atoms with Gasteiger partial charge in [0.05, 0.1) is 0 Å². The summed E-state index contributed by atoms with van der Waals surface area (Å²) in [6, 6.07) is 0. The molecule has 0 spiro atoms. The highest BCUT2D eigenvalue weighted by molar-refractivity contribution is 6.35. The van der Waals surface area contributed by atoms with Gasteiger partial charge in [0.15, 0.2) is 0 Å². The number of hydrogen-bond acceptors (Lipinski definition) is 4. The number of hydrogen-bond donors (Lipinski definition) is 3. The zero-order valence-electron chi connectivity index (χ0n) is 10.5. The van der Waals surface area contributed by atoms with Gasteiger partial charge in [0.2, 0.25) is 5.91 Å². The maximum Gasteiger partial charge on any atom is 0.309 e. The molecule has 0 aromatic rings. The SMILES string of the molecule is CC(=O)NCCNC(=O)C(=O)NCCN(C)C. The van der Waals surface area contributed by atoms with Crippen molar-refractivity contribution in [1.29, 1.82) is 0 Å². The Bertz CT molecular complexity index is 279. The molecule has 0 bridgehead atoms. The minimum Gasteiger partial charge on any atom is -0.355 e. The molecule has 17 heavy (non-hydrogen) atoms. The van der Waals surface area contributed by atoms with Crippen LogP contribution in [0.1, 0.15) is 6.92 Å². The van der Waals surface area contributed by atoms with Gasteiger partial charge in [-0.25, -0.2) is 0 Å². The van der Waals surface area contributed by atoms with Crippen LogP contribution in [0.4, 0.5) is 0 Å². The van der Waals surface area contributed by atoms with Gasteiger partial charge < -0.3 is 20.9 Å². The summed E-state index contributed by atoms with van der Waals surface area (Å²) in [5, 5.41) is 7.39. The molecule has 0 aliphatic carbocycles. The molecule has 0 saturated carbocycles. The van der Waals surface area contributed by atoms with Crippen LogP contribution >= 0.6 is 0 Å². The second kappa shape index (κ2) is 8.51. The van der Waals surface area contributed by atoms with E-state index in [-0.39, 0.29) is 12.5 Å². The molecule has 7 nitrogen and oxygen atoms in total. The highest BCUT2D eigenvalue weighted by Gasteiger charge is 2.11. The van der Waals surface area contributed by atoms with Crippen LogP contribution in [0.3, 0.4) is 0 Å². The first kappa shape index (κ1) is 15.4. The van der Waals surface area contributed by atoms with E-state index in [2.05, 4.69) is 16.0 Å². The normalized spacial score (nSPS) is 9.88. The summed E-state index contributed by atoms with van der Waals surface area (Å²) in [5.41, 5.74) is 0. The Morgan fingerprint density at radius 2 is 1.35 bits per heavy atom. The van der Waals surface area contributed by atoms with Gasteiger partial charge in [-0.3, -0.25) is 14.4 Å². The number of nitrogens with one attached hydrogen (secondary N) is 3. The molecule has 0 aliphatic rings. The van der Waals surface area contributed by atoms with Crippen LogP contribution in [-0.4, -0.2) is 62.9 Å². The first-order chi connectivity index (χ1) is 7.93. The fourth-order valence-electron chi connectivity index (χ4n) is 0.968. The summed E-state index contributed by atoms with van der Waals surface area (Å²) in [7, 11) is 3.75. The van der Waals surface area contributed by atoms with Crippen molar-refractivity contribution in [3.05, 3.63) is 0 Å². The highest BCUT2D eigenvalue weighted by Crippen LogP contribution is 1.73. The van der Waals surface area contributed by atoms with Crippen molar-refractivity contribution in [1.82, 2.24) is 20.9 Å². The molecule has 0 unspecified atom stereocenters. The van der Waals surface area contributed by atoms with Crippen molar-refractivity contribution in [3.63, 3.8) is 0 Å². The quantitative estimate of drug-likeness (QED) is 0.369. The van der Waals surface area contributed by atoms with Gasteiger partial charge in [-0.15, -0.1) is 0 Å². The maximum atomic E-state index is 11.2. The van der Waals surface area contributed by atoms with Crippen molar-refractivity contribution in [2.24, 2.45) is 0 Å². The lowest BCUT2D eigenvalue weighted by Gasteiger charge is -2.10. The fourth-order valence-corrected chi connectivity index (χ4v) is 0.968. The summed E-state index contributed by atoms with van der Waals surface area (Å²) in [6.07, 6.45) is 0. The first-order valence-corrected chi connectivity index (χ1v) is 5.38. The van der Waals surface area contributed by atoms with Gasteiger partial charge in [0, 0.05) is 33.1 Å². The molecular formula is C10H20N4O3. The monoisotopic (exact) mass is 244 g/mol. The van der Waals surface area contributed by atoms with E-state index in [1.54, 1.807) is 0 Å². The van der Waals surface area contributed by atoms with E-state index in [0.717, 1.165) is 0 Å². The molecule has 3 N–H and O–H groups in total. The lowest BCUT2D eigenvalue weighted by molar-refractivity contribution is -0.139. The summed E-state index contributed by atoms with van der Waals surface area (Å²) in [5.74, 6) is -1.52. The summed E-state index contributed by atoms with van der Waals surface area (Å²) < 4.78 is 0. The Morgan fingerprint density at radius 1 is 0.882 bits per heavy atom. The molecule has 0 radical (unpaired) electrons. The second-order valence-electron chi connectivity index (χ2n) is 3.80. The lowest BCUT2D eigenvalue weighted by atomic mass is 10.4. The molecule has 0 fully saturated rings. The van der Waals surface area contributed by atoms with Crippen LogP contribution in [0.2, 0.25) is 0 Å². The van der Waals surface area contributed by atoms with Crippen LogP contribution in [0.5, 0.6) is 0 Å². The van der Waals surface area contributed by atoms with Crippen LogP contribution in [0, 0.1) is 0 Å². The number of nitrogens with zero attached hydrogens (tertiary/aromatic N) is 1. The molecule has 0 aliphatic heterocycles. The molecule has 0 aromatic carbocycles. The topological polar surface area (TPSA) is 90.5 Å². The fraction of sp³-hybridized carbons (Fsp3) is 0.700. The number of rotatable bonds is 6. The zero-order valence-corrected chi connectivity index (χ0v) is 10.5. The zero-order chi connectivity index (χ0) is 13.3. The number of likely N-dealkylation sites (N-methyl/N-ethyl adjacent to an activating group) is 1. The number of carbonyl (C=O) groups excluding carboxylic acids is 3. The van der Waals surface area contributed by atoms with Crippen molar-refractivity contribution >= 4 is 17.7 Å². The minimum absolute atomic E-state index is 0.172. The third-order valence-electron chi connectivity index (χ3n) is 1.84. The van der Waals surface area contributed by atoms with Gasteiger partial charge in [0.1, 0.15) is 0 Å². The molecule has 0 rings (SSSR count). The first-order valence-electron chi connectivity index (χ1n) is 5.38. The van der Waals surface area contributed by atoms with Crippen LogP contribution in [0.25, 0.3) is 0 Å². The maximum absolute atomic E-state index is 11.2. The van der Waals surface area contributed by atoms with Crippen LogP contribution < -0.4 is 16.0 Å². The molecule has 98 valence electrons. The Balaban J connectivity index is 3.61. The molecule has 0 saturated heterocycles. The van der Waals surface area contributed by atoms with E-state index in [1.807, 2.05) is 19.0 Å². The second-order valence-corrected chi connectivity index (χ2v) is 3.80. The van der Waals surface area contributed by atoms with Gasteiger partial charge in [-0.2, -0.15) is 0 Å². The van der Waals surface area contributed by atoms with E-state index in [9.17, 15) is 14.4 Å². The Hall–Kier alpha value is -1.63. The van der Waals surface area contributed by atoms with Crippen molar-refractivity contribution in [2.75, 3.05) is 40.3 Å². The Morgan fingerprint density at radius 3 is 1.82 bits per heavy atom. The van der Waals surface area contributed by atoms with Crippen molar-refractivity contribution in [3.8, 4) is 0 Å². The lowest BCUT2D eigenvalue weighted by Crippen LogP contribution is -2.44. The Kier molecular flexibility index (Phi) is 7.70. The smallest absolute Gasteiger partial charge is 0.309 e. The molecule has 0 atom stereocenters. The van der Waals surface area contributed by atoms with Crippen molar-refractivity contribution in [2.45, 2.75) is 6.92 Å². The van der Waals surface area contributed by atoms with E-state index in [0.29, 0.717) is 19.6 Å². The average molecular weight is 244 g/mol. The number of carbonyl (C=O) groups is 3. The van der Waals surface area contributed by atoms with E-state index >= 15 is 0 Å². The van der Waals surface area contributed by atoms with Gasteiger partial charge >= 0.3 is 11.8 Å². The molecule has 7 heteroatoms. The molecular weight excluding hydrogens is 224 g/mol. The Labute approximate surface area is 101 Å². The summed E-state index contributed by atoms with van der Waals surface area (Å²) >= 11 is 0. The van der Waals surface area contributed by atoms with Gasteiger partial charge in [0.25, 0.3) is 0 Å². The third-order valence-corrected chi connectivity index (χ3v) is 1.84. The summed E-state index contributed by atoms with van der Waals surface area (Å²) in [6.45, 7) is 3.03. The van der Waals surface area contributed by atoms with Crippen LogP contribution in [0.15, 0.2) is 0 Å². The third kappa shape index (κ3) is 9.31. The average Bonchev–Trinajstić information content (AvgIpc) is 2.23. The predicted molar refractivity (Wildman–Crippen MR) is 63.3 cm³/mol. The van der Waals surface area contributed by atoms with Gasteiger partial charge in [-0.1, -0.05) is 0 Å². The van der Waals surface area contributed by atoms with Crippen molar-refractivity contribution < 1.29 is 14.4 Å². The van der Waals surface area contributed by atoms with Gasteiger partial charge in [-0.05, 0) is 14.1 Å². The minimum atomic E-state index is -0.686. The van der Waals surface area contributed by atoms with E-state index in [4.69, 9.17) is 0 Å². The summed E-state index contributed by atoms with van der Waals surface area (Å²) in [4.78, 5) is 34.9. The van der Waals surface area contributed by atoms with E-state index in [1.165, 1.54) is 6.92 Å². The van der Waals surface area contributed by atoms with E-state index < -0.39 is 11.8 Å². The largest absolute Gasteiger partial charge is 0.355 e. The number of amides is 3. The predicted octanol–water partition coefficient (Wildman–Crippen LogP) is -2.08.